The minimum absolute atomic E-state index is 0.110. The average molecular weight is 811 g/mol. The van der Waals surface area contributed by atoms with Crippen molar-refractivity contribution in [3.05, 3.63) is 12.7 Å². The van der Waals surface area contributed by atoms with Gasteiger partial charge in [0.1, 0.15) is 48.7 Å². The maximum Gasteiger partial charge on any atom is 0.315 e. The second-order valence-electron chi connectivity index (χ2n) is 15.2. The number of carbonyl (C=O) groups is 3. The van der Waals surface area contributed by atoms with Crippen LogP contribution in [0.5, 0.6) is 0 Å². The van der Waals surface area contributed by atoms with Crippen LogP contribution >= 0.6 is 0 Å². The van der Waals surface area contributed by atoms with E-state index in [0.29, 0.717) is 73.2 Å². The zero-order valence-electron chi connectivity index (χ0n) is 31.0. The highest BCUT2D eigenvalue weighted by Crippen LogP contribution is 2.36. The van der Waals surface area contributed by atoms with Crippen LogP contribution in [0, 0.1) is 0 Å². The van der Waals surface area contributed by atoms with E-state index in [1.807, 2.05) is 9.80 Å². The molecule has 4 amide bonds. The Morgan fingerprint density at radius 2 is 1.05 bits per heavy atom. The van der Waals surface area contributed by atoms with Crippen molar-refractivity contribution in [2.24, 2.45) is 0 Å². The van der Waals surface area contributed by atoms with Gasteiger partial charge in [0.15, 0.2) is 22.9 Å². The van der Waals surface area contributed by atoms with E-state index in [9.17, 15) is 34.8 Å². The molecule has 8 rings (SSSR count). The molecule has 0 radical (unpaired) electrons. The van der Waals surface area contributed by atoms with E-state index in [0.717, 1.165) is 0 Å². The number of hydrogen-bond donors (Lipinski definition) is 12. The Morgan fingerprint density at radius 3 is 1.45 bits per heavy atom. The number of aliphatic hydroxyl groups is 6. The number of nitrogens with one attached hydrogen (secondary N) is 4. The average Bonchev–Trinajstić information content (AvgIpc) is 4.07. The number of rotatable bonds is 10. The zero-order chi connectivity index (χ0) is 41.0. The zero-order valence-corrected chi connectivity index (χ0v) is 31.0. The predicted octanol–water partition coefficient (Wildman–Crippen LogP) is -5.43. The normalized spacial score (nSPS) is 29.8. The molecule has 25 nitrogen and oxygen atoms in total. The Morgan fingerprint density at radius 1 is 0.638 bits per heavy atom. The van der Waals surface area contributed by atoms with Gasteiger partial charge >= 0.3 is 6.03 Å². The molecule has 10 unspecified atom stereocenters. The van der Waals surface area contributed by atoms with E-state index >= 15 is 0 Å². The number of aliphatic hydroxyl groups excluding tert-OH is 6. The van der Waals surface area contributed by atoms with Crippen molar-refractivity contribution < 1.29 is 45.0 Å². The number of hydrogen-bond acceptors (Lipinski definition) is 19. The summed E-state index contributed by atoms with van der Waals surface area (Å²) in [5.74, 6) is -0.535. The van der Waals surface area contributed by atoms with Gasteiger partial charge < -0.3 is 82.3 Å². The third kappa shape index (κ3) is 7.19. The van der Waals surface area contributed by atoms with Gasteiger partial charge in [0.2, 0.25) is 23.7 Å². The number of imidazole rings is 2. The molecule has 2 saturated heterocycles. The lowest BCUT2D eigenvalue weighted by Crippen LogP contribution is -2.48. The number of aromatic nitrogens is 8. The first kappa shape index (κ1) is 39.1. The van der Waals surface area contributed by atoms with Crippen LogP contribution in [-0.4, -0.2) is 175 Å². The van der Waals surface area contributed by atoms with Gasteiger partial charge in [-0.3, -0.25) is 9.59 Å². The van der Waals surface area contributed by atoms with Crippen molar-refractivity contribution in [3.8, 4) is 0 Å². The van der Waals surface area contributed by atoms with Gasteiger partial charge in [-0.1, -0.05) is 0 Å². The van der Waals surface area contributed by atoms with Gasteiger partial charge in [-0.05, 0) is 25.7 Å². The lowest BCUT2D eigenvalue weighted by atomic mass is 10.2. The lowest BCUT2D eigenvalue weighted by Gasteiger charge is -2.21. The number of fused-ring (bicyclic) bond motifs is 2. The van der Waals surface area contributed by atoms with Crippen molar-refractivity contribution >= 4 is 63.7 Å². The molecule has 14 N–H and O–H groups in total. The summed E-state index contributed by atoms with van der Waals surface area (Å²) in [6.45, 7) is 0.270. The number of nitrogen functional groups attached to an aromatic ring is 2. The summed E-state index contributed by atoms with van der Waals surface area (Å²) in [6.07, 6.45) is -0.719. The van der Waals surface area contributed by atoms with E-state index < -0.39 is 73.6 Å². The van der Waals surface area contributed by atoms with Gasteiger partial charge in [-0.15, -0.1) is 0 Å². The minimum Gasteiger partial charge on any atom is -0.388 e. The monoisotopic (exact) mass is 810 g/mol. The second kappa shape index (κ2) is 15.6. The van der Waals surface area contributed by atoms with E-state index in [-0.39, 0.29) is 42.6 Å². The third-order valence-corrected chi connectivity index (χ3v) is 11.5. The predicted molar refractivity (Wildman–Crippen MR) is 202 cm³/mol. The van der Waals surface area contributed by atoms with E-state index in [1.54, 1.807) is 9.13 Å². The SMILES string of the molecule is Nc1nc(N2CCC(NC(=O)NC3CCN(c4nc(N)c5ncn(C6CC(NC(=O)CO)C(O)C6O)c5n4)C3)C2)nc2c1ncn2C1CC(NC(=O)CO)C(O)C1O. The number of nitrogens with zero attached hydrogens (tertiary/aromatic N) is 10. The summed E-state index contributed by atoms with van der Waals surface area (Å²) in [5, 5.41) is 72.1. The number of amides is 4. The van der Waals surface area contributed by atoms with E-state index in [4.69, 9.17) is 31.6 Å². The Labute approximate surface area is 328 Å². The maximum atomic E-state index is 13.2. The molecular weight excluding hydrogens is 764 g/mol. The number of carbonyl (C=O) groups excluding carboxylic acids is 3. The van der Waals surface area contributed by atoms with Gasteiger partial charge in [-0.2, -0.15) is 19.9 Å². The first-order chi connectivity index (χ1) is 27.8. The Kier molecular flexibility index (Phi) is 10.5. The topological polar surface area (TPSA) is 366 Å². The van der Waals surface area contributed by atoms with Crippen LogP contribution in [0.15, 0.2) is 12.7 Å². The number of anilines is 4. The third-order valence-electron chi connectivity index (χ3n) is 11.5. The fraction of sp³-hybridized carbons (Fsp3) is 0.606. The lowest BCUT2D eigenvalue weighted by molar-refractivity contribution is -0.126. The fourth-order valence-corrected chi connectivity index (χ4v) is 8.51. The molecule has 0 spiro atoms. The smallest absolute Gasteiger partial charge is 0.315 e. The molecule has 10 atom stereocenters. The highest BCUT2D eigenvalue weighted by molar-refractivity contribution is 5.84. The molecule has 2 saturated carbocycles. The number of urea groups is 1. The van der Waals surface area contributed by atoms with Gasteiger partial charge in [0, 0.05) is 38.3 Å². The van der Waals surface area contributed by atoms with E-state index in [2.05, 4.69) is 41.2 Å². The van der Waals surface area contributed by atoms with Crippen LogP contribution in [0.4, 0.5) is 28.3 Å². The Hall–Kier alpha value is -5.73. The van der Waals surface area contributed by atoms with Crippen molar-refractivity contribution in [1.82, 2.24) is 60.3 Å². The standard InChI is InChI=1S/C33H46N16O9/c34-27-21-29(48(11-36-21)17-5-15(23(54)25(17)56)40-19(52)9-50)44-31(42-27)46-3-1-13(7-46)38-33(58)39-14-2-4-47(8-14)32-43-28(35)22-30(45-32)49(12-37-22)18-6-16(24(55)26(18)57)41-20(53)10-51/h11-18,23-26,50-51,54-57H,1-10H2,(H,40,52)(H,41,53)(H2,34,42,44)(H2,35,43,45)(H2,38,39,58). The minimum atomic E-state index is -1.28. The molecule has 4 aliphatic rings. The summed E-state index contributed by atoms with van der Waals surface area (Å²) in [7, 11) is 0. The maximum absolute atomic E-state index is 13.2. The molecule has 312 valence electrons. The molecule has 4 aromatic heterocycles. The molecule has 2 aliphatic carbocycles. The van der Waals surface area contributed by atoms with Crippen LogP contribution in [-0.2, 0) is 9.59 Å². The van der Waals surface area contributed by atoms with Crippen LogP contribution < -0.4 is 42.5 Å². The number of nitrogens with two attached hydrogens (primary N) is 2. The first-order valence-electron chi connectivity index (χ1n) is 18.9. The highest BCUT2D eigenvalue weighted by Gasteiger charge is 2.45. The van der Waals surface area contributed by atoms with Crippen molar-refractivity contribution in [1.29, 1.82) is 0 Å². The van der Waals surface area contributed by atoms with Crippen LogP contribution in [0.25, 0.3) is 22.3 Å². The van der Waals surface area contributed by atoms with Gasteiger partial charge in [0.25, 0.3) is 0 Å². The largest absolute Gasteiger partial charge is 0.388 e. The highest BCUT2D eigenvalue weighted by atomic mass is 16.3. The fourth-order valence-electron chi connectivity index (χ4n) is 8.51. The van der Waals surface area contributed by atoms with Crippen molar-refractivity contribution in [2.45, 2.75) is 86.4 Å². The molecule has 4 fully saturated rings. The second-order valence-corrected chi connectivity index (χ2v) is 15.2. The van der Waals surface area contributed by atoms with Crippen molar-refractivity contribution in [2.75, 3.05) is 60.7 Å². The summed E-state index contributed by atoms with van der Waals surface area (Å²) in [6, 6.07) is -3.87. The quantitative estimate of drug-likeness (QED) is 0.0711. The Balaban J connectivity index is 0.883. The first-order valence-corrected chi connectivity index (χ1v) is 18.9. The van der Waals surface area contributed by atoms with Gasteiger partial charge in [0.05, 0.1) is 36.8 Å². The van der Waals surface area contributed by atoms with Crippen LogP contribution in [0.1, 0.15) is 37.8 Å². The van der Waals surface area contributed by atoms with Gasteiger partial charge in [-0.25, -0.2) is 14.8 Å². The van der Waals surface area contributed by atoms with E-state index in [1.165, 1.54) is 12.7 Å². The molecule has 25 heteroatoms. The summed E-state index contributed by atoms with van der Waals surface area (Å²) < 4.78 is 3.19. The van der Waals surface area contributed by atoms with Crippen molar-refractivity contribution in [3.63, 3.8) is 0 Å². The molecule has 4 aromatic rings. The molecule has 0 aromatic carbocycles. The molecule has 0 bridgehead atoms. The summed E-state index contributed by atoms with van der Waals surface area (Å²) >= 11 is 0. The summed E-state index contributed by atoms with van der Waals surface area (Å²) in [5.41, 5.74) is 13.8. The molecule has 6 heterocycles. The van der Waals surface area contributed by atoms with Crippen LogP contribution in [0.2, 0.25) is 0 Å². The Bertz CT molecular complexity index is 2050. The van der Waals surface area contributed by atoms with Crippen LogP contribution in [0.3, 0.4) is 0 Å². The molecular formula is C33H46N16O9. The molecule has 58 heavy (non-hydrogen) atoms. The summed E-state index contributed by atoms with van der Waals surface area (Å²) in [4.78, 5) is 67.4. The molecule has 2 aliphatic heterocycles.